The Morgan fingerprint density at radius 1 is 1.36 bits per heavy atom. The van der Waals surface area contributed by atoms with Gasteiger partial charge in [0.15, 0.2) is 0 Å². The van der Waals surface area contributed by atoms with Crippen LogP contribution in [0.4, 0.5) is 0 Å². The highest BCUT2D eigenvalue weighted by Gasteiger charge is 2.27. The quantitative estimate of drug-likeness (QED) is 0.783. The third-order valence-corrected chi connectivity index (χ3v) is 4.16. The molecule has 0 saturated heterocycles. The van der Waals surface area contributed by atoms with E-state index in [4.69, 9.17) is 5.73 Å². The SMILES string of the molecule is Cl.NC1CCC(C(=O)NCCn2c(=O)[nH]c3ccccc32)C1. The highest BCUT2D eigenvalue weighted by molar-refractivity contribution is 5.85. The summed E-state index contributed by atoms with van der Waals surface area (Å²) in [5, 5.41) is 2.91. The minimum atomic E-state index is -0.145. The summed E-state index contributed by atoms with van der Waals surface area (Å²) in [6.45, 7) is 0.916. The Kier molecular flexibility index (Phi) is 5.26. The van der Waals surface area contributed by atoms with Crippen LogP contribution >= 0.6 is 12.4 Å². The first-order chi connectivity index (χ1) is 10.1. The van der Waals surface area contributed by atoms with Gasteiger partial charge in [-0.1, -0.05) is 12.1 Å². The molecule has 1 fully saturated rings. The minimum absolute atomic E-state index is 0. The van der Waals surface area contributed by atoms with Gasteiger partial charge in [-0.2, -0.15) is 0 Å². The molecule has 0 aliphatic heterocycles. The maximum Gasteiger partial charge on any atom is 0.326 e. The first-order valence-corrected chi connectivity index (χ1v) is 7.36. The number of H-pyrrole nitrogens is 1. The number of rotatable bonds is 4. The van der Waals surface area contributed by atoms with Gasteiger partial charge in [-0.25, -0.2) is 4.79 Å². The Labute approximate surface area is 134 Å². The zero-order valence-electron chi connectivity index (χ0n) is 12.2. The molecule has 0 spiro atoms. The molecule has 6 nitrogen and oxygen atoms in total. The van der Waals surface area contributed by atoms with Crippen molar-refractivity contribution in [3.63, 3.8) is 0 Å². The van der Waals surface area contributed by atoms with Gasteiger partial charge in [0.05, 0.1) is 11.0 Å². The van der Waals surface area contributed by atoms with Gasteiger partial charge >= 0.3 is 5.69 Å². The summed E-state index contributed by atoms with van der Waals surface area (Å²) >= 11 is 0. The van der Waals surface area contributed by atoms with Crippen molar-refractivity contribution in [3.05, 3.63) is 34.7 Å². The van der Waals surface area contributed by atoms with Gasteiger partial charge in [0.2, 0.25) is 5.91 Å². The van der Waals surface area contributed by atoms with Crippen LogP contribution in [0, 0.1) is 5.92 Å². The van der Waals surface area contributed by atoms with Crippen molar-refractivity contribution in [2.45, 2.75) is 31.8 Å². The predicted molar refractivity (Wildman–Crippen MR) is 88.1 cm³/mol. The largest absolute Gasteiger partial charge is 0.354 e. The van der Waals surface area contributed by atoms with Crippen LogP contribution in [0.3, 0.4) is 0 Å². The number of aromatic nitrogens is 2. The molecule has 2 aromatic rings. The van der Waals surface area contributed by atoms with Gasteiger partial charge < -0.3 is 16.0 Å². The normalized spacial score (nSPS) is 20.8. The zero-order chi connectivity index (χ0) is 14.8. The van der Waals surface area contributed by atoms with Crippen molar-refractivity contribution in [2.75, 3.05) is 6.54 Å². The Balaban J connectivity index is 0.00000176. The number of carbonyl (C=O) groups excluding carboxylic acids is 1. The van der Waals surface area contributed by atoms with E-state index < -0.39 is 0 Å². The molecule has 3 rings (SSSR count). The molecule has 0 radical (unpaired) electrons. The van der Waals surface area contributed by atoms with Crippen molar-refractivity contribution in [3.8, 4) is 0 Å². The predicted octanol–water partition coefficient (Wildman–Crippen LogP) is 0.995. The lowest BCUT2D eigenvalue weighted by atomic mass is 10.1. The molecule has 1 aliphatic carbocycles. The number of aromatic amines is 1. The maximum atomic E-state index is 12.0. The molecular formula is C15H21ClN4O2. The van der Waals surface area contributed by atoms with Crippen molar-refractivity contribution in [2.24, 2.45) is 11.7 Å². The lowest BCUT2D eigenvalue weighted by Crippen LogP contribution is -2.34. The second-order valence-electron chi connectivity index (χ2n) is 5.66. The number of fused-ring (bicyclic) bond motifs is 1. The van der Waals surface area contributed by atoms with E-state index in [1.165, 1.54) is 0 Å². The van der Waals surface area contributed by atoms with E-state index in [0.717, 1.165) is 30.3 Å². The van der Waals surface area contributed by atoms with Crippen LogP contribution < -0.4 is 16.7 Å². The van der Waals surface area contributed by atoms with E-state index in [0.29, 0.717) is 13.1 Å². The average molecular weight is 325 g/mol. The van der Waals surface area contributed by atoms with Crippen LogP contribution in [0.5, 0.6) is 0 Å². The Morgan fingerprint density at radius 2 is 2.14 bits per heavy atom. The van der Waals surface area contributed by atoms with Crippen LogP contribution in [0.2, 0.25) is 0 Å². The lowest BCUT2D eigenvalue weighted by Gasteiger charge is -2.11. The number of nitrogens with two attached hydrogens (primary N) is 1. The third-order valence-electron chi connectivity index (χ3n) is 4.16. The first kappa shape index (κ1) is 16.6. The molecule has 1 heterocycles. The standard InChI is InChI=1S/C15H20N4O2.ClH/c16-11-6-5-10(9-11)14(20)17-7-8-19-13-4-2-1-3-12(13)18-15(19)21;/h1-4,10-11H,5-9,16H2,(H,17,20)(H,18,21);1H. The van der Waals surface area contributed by atoms with Crippen molar-refractivity contribution < 1.29 is 4.79 Å². The fourth-order valence-electron chi connectivity index (χ4n) is 3.02. The Bertz CT molecular complexity index is 709. The smallest absolute Gasteiger partial charge is 0.326 e. The van der Waals surface area contributed by atoms with Crippen LogP contribution in [-0.2, 0) is 11.3 Å². The maximum absolute atomic E-state index is 12.0. The summed E-state index contributed by atoms with van der Waals surface area (Å²) in [6.07, 6.45) is 2.54. The number of hydrogen-bond acceptors (Lipinski definition) is 3. The fourth-order valence-corrected chi connectivity index (χ4v) is 3.02. The number of hydrogen-bond donors (Lipinski definition) is 3. The van der Waals surface area contributed by atoms with Crippen LogP contribution in [0.15, 0.2) is 29.1 Å². The van der Waals surface area contributed by atoms with E-state index in [1.54, 1.807) is 4.57 Å². The molecule has 2 unspecified atom stereocenters. The number of nitrogens with one attached hydrogen (secondary N) is 2. The second-order valence-corrected chi connectivity index (χ2v) is 5.66. The average Bonchev–Trinajstić information content (AvgIpc) is 3.03. The van der Waals surface area contributed by atoms with E-state index in [2.05, 4.69) is 10.3 Å². The van der Waals surface area contributed by atoms with Gasteiger partial charge in [-0.05, 0) is 31.4 Å². The number of imidazole rings is 1. The molecule has 4 N–H and O–H groups in total. The molecule has 1 aromatic heterocycles. The van der Waals surface area contributed by atoms with E-state index in [1.807, 2.05) is 24.3 Å². The topological polar surface area (TPSA) is 92.9 Å². The number of amides is 1. The molecular weight excluding hydrogens is 304 g/mol. The number of halogens is 1. The number of para-hydroxylation sites is 2. The molecule has 1 saturated carbocycles. The first-order valence-electron chi connectivity index (χ1n) is 7.36. The molecule has 22 heavy (non-hydrogen) atoms. The Hall–Kier alpha value is -1.79. The van der Waals surface area contributed by atoms with E-state index in [9.17, 15) is 9.59 Å². The van der Waals surface area contributed by atoms with Gasteiger partial charge in [0.1, 0.15) is 0 Å². The summed E-state index contributed by atoms with van der Waals surface area (Å²) in [5.74, 6) is 0.0792. The Morgan fingerprint density at radius 3 is 2.86 bits per heavy atom. The summed E-state index contributed by atoms with van der Waals surface area (Å²) in [7, 11) is 0. The van der Waals surface area contributed by atoms with Crippen LogP contribution in [0.1, 0.15) is 19.3 Å². The third kappa shape index (κ3) is 3.34. The fraction of sp³-hybridized carbons (Fsp3) is 0.467. The summed E-state index contributed by atoms with van der Waals surface area (Å²) in [6, 6.07) is 7.69. The number of nitrogens with zero attached hydrogens (tertiary/aromatic N) is 1. The van der Waals surface area contributed by atoms with E-state index >= 15 is 0 Å². The van der Waals surface area contributed by atoms with Gasteiger partial charge in [-0.15, -0.1) is 12.4 Å². The second kappa shape index (κ2) is 6.98. The van der Waals surface area contributed by atoms with Gasteiger partial charge in [-0.3, -0.25) is 9.36 Å². The summed E-state index contributed by atoms with van der Waals surface area (Å²) < 4.78 is 1.65. The molecule has 0 bridgehead atoms. The van der Waals surface area contributed by atoms with Crippen LogP contribution in [-0.4, -0.2) is 28.0 Å². The molecule has 7 heteroatoms. The lowest BCUT2D eigenvalue weighted by molar-refractivity contribution is -0.124. The highest BCUT2D eigenvalue weighted by Crippen LogP contribution is 2.23. The number of benzene rings is 1. The molecule has 1 amide bonds. The highest BCUT2D eigenvalue weighted by atomic mass is 35.5. The summed E-state index contributed by atoms with van der Waals surface area (Å²) in [4.78, 5) is 26.7. The molecule has 120 valence electrons. The zero-order valence-corrected chi connectivity index (χ0v) is 13.1. The van der Waals surface area contributed by atoms with Crippen molar-refractivity contribution in [1.29, 1.82) is 0 Å². The van der Waals surface area contributed by atoms with Gasteiger partial charge in [0.25, 0.3) is 0 Å². The van der Waals surface area contributed by atoms with Crippen LogP contribution in [0.25, 0.3) is 11.0 Å². The van der Waals surface area contributed by atoms with Gasteiger partial charge in [0, 0.05) is 25.0 Å². The minimum Gasteiger partial charge on any atom is -0.354 e. The van der Waals surface area contributed by atoms with Crippen molar-refractivity contribution in [1.82, 2.24) is 14.9 Å². The monoisotopic (exact) mass is 324 g/mol. The number of carbonyl (C=O) groups is 1. The molecule has 1 aromatic carbocycles. The molecule has 2 atom stereocenters. The summed E-state index contributed by atoms with van der Waals surface area (Å²) in [5.41, 5.74) is 7.35. The van der Waals surface area contributed by atoms with E-state index in [-0.39, 0.29) is 36.0 Å². The molecule has 1 aliphatic rings. The van der Waals surface area contributed by atoms with Crippen molar-refractivity contribution >= 4 is 29.3 Å².